The zero-order valence-corrected chi connectivity index (χ0v) is 13.5. The summed E-state index contributed by atoms with van der Waals surface area (Å²) in [7, 11) is 1.55. The molecule has 0 aromatic rings. The second-order valence-corrected chi connectivity index (χ2v) is 5.00. The van der Waals surface area contributed by atoms with Crippen molar-refractivity contribution in [2.45, 2.75) is 13.8 Å². The zero-order chi connectivity index (χ0) is 16.5. The SMILES string of the molecule is CCOC(=O)N1CCN(C(=O)CN(CCOC)C(C)=O)CC1. The van der Waals surface area contributed by atoms with E-state index in [9.17, 15) is 14.4 Å². The number of amides is 3. The quantitative estimate of drug-likeness (QED) is 0.677. The molecule has 1 heterocycles. The van der Waals surface area contributed by atoms with Crippen LogP contribution >= 0.6 is 0 Å². The van der Waals surface area contributed by atoms with Gasteiger partial charge >= 0.3 is 6.09 Å². The van der Waals surface area contributed by atoms with E-state index in [2.05, 4.69) is 0 Å². The predicted octanol–water partition coefficient (Wildman–Crippen LogP) is -0.218. The third-order valence-corrected chi connectivity index (χ3v) is 3.50. The molecule has 3 amide bonds. The normalized spacial score (nSPS) is 14.7. The van der Waals surface area contributed by atoms with Crippen molar-refractivity contribution in [3.8, 4) is 0 Å². The number of nitrogens with zero attached hydrogens (tertiary/aromatic N) is 3. The molecule has 0 spiro atoms. The average molecular weight is 315 g/mol. The van der Waals surface area contributed by atoms with Crippen molar-refractivity contribution in [1.29, 1.82) is 0 Å². The van der Waals surface area contributed by atoms with Crippen LogP contribution in [0.1, 0.15) is 13.8 Å². The Labute approximate surface area is 130 Å². The van der Waals surface area contributed by atoms with Crippen molar-refractivity contribution >= 4 is 17.9 Å². The first-order chi connectivity index (χ1) is 10.5. The smallest absolute Gasteiger partial charge is 0.409 e. The predicted molar refractivity (Wildman–Crippen MR) is 79.3 cm³/mol. The lowest BCUT2D eigenvalue weighted by molar-refractivity contribution is -0.140. The van der Waals surface area contributed by atoms with E-state index in [1.54, 1.807) is 23.8 Å². The van der Waals surface area contributed by atoms with Gasteiger partial charge in [-0.05, 0) is 6.92 Å². The van der Waals surface area contributed by atoms with Gasteiger partial charge in [0.1, 0.15) is 0 Å². The van der Waals surface area contributed by atoms with E-state index >= 15 is 0 Å². The molecule has 0 aromatic heterocycles. The highest BCUT2D eigenvalue weighted by Crippen LogP contribution is 2.05. The van der Waals surface area contributed by atoms with Crippen LogP contribution in [0, 0.1) is 0 Å². The Morgan fingerprint density at radius 3 is 2.18 bits per heavy atom. The molecule has 8 heteroatoms. The van der Waals surface area contributed by atoms with Crippen molar-refractivity contribution in [3.05, 3.63) is 0 Å². The molecule has 8 nitrogen and oxygen atoms in total. The molecular formula is C14H25N3O5. The lowest BCUT2D eigenvalue weighted by atomic mass is 10.3. The van der Waals surface area contributed by atoms with E-state index in [0.29, 0.717) is 45.9 Å². The van der Waals surface area contributed by atoms with E-state index in [1.165, 1.54) is 11.8 Å². The minimum Gasteiger partial charge on any atom is -0.450 e. The summed E-state index contributed by atoms with van der Waals surface area (Å²) in [6.07, 6.45) is -0.347. The third kappa shape index (κ3) is 5.51. The standard InChI is InChI=1S/C14H25N3O5/c1-4-22-14(20)16-7-5-15(6-8-16)13(19)11-17(12(2)18)9-10-21-3/h4-11H2,1-3H3. The number of hydrogen-bond donors (Lipinski definition) is 0. The molecule has 0 saturated carbocycles. The van der Waals surface area contributed by atoms with E-state index in [-0.39, 0.29) is 24.5 Å². The van der Waals surface area contributed by atoms with Gasteiger partial charge in [0.05, 0.1) is 19.8 Å². The van der Waals surface area contributed by atoms with E-state index in [4.69, 9.17) is 9.47 Å². The Kier molecular flexibility index (Phi) is 7.65. The van der Waals surface area contributed by atoms with Crippen LogP contribution in [0.25, 0.3) is 0 Å². The molecule has 1 rings (SSSR count). The molecule has 22 heavy (non-hydrogen) atoms. The molecule has 0 bridgehead atoms. The summed E-state index contributed by atoms with van der Waals surface area (Å²) < 4.78 is 9.87. The molecule has 0 aliphatic carbocycles. The molecule has 126 valence electrons. The van der Waals surface area contributed by atoms with E-state index in [0.717, 1.165) is 0 Å². The van der Waals surface area contributed by atoms with Crippen molar-refractivity contribution < 1.29 is 23.9 Å². The second-order valence-electron chi connectivity index (χ2n) is 5.00. The lowest BCUT2D eigenvalue weighted by Crippen LogP contribution is -2.53. The van der Waals surface area contributed by atoms with Crippen LogP contribution in [0.2, 0.25) is 0 Å². The Morgan fingerprint density at radius 2 is 1.68 bits per heavy atom. The number of methoxy groups -OCH3 is 1. The first-order valence-corrected chi connectivity index (χ1v) is 7.43. The van der Waals surface area contributed by atoms with Crippen molar-refractivity contribution in [1.82, 2.24) is 14.7 Å². The topological polar surface area (TPSA) is 79.4 Å². The van der Waals surface area contributed by atoms with Gasteiger partial charge in [-0.15, -0.1) is 0 Å². The van der Waals surface area contributed by atoms with Crippen LogP contribution in [0.3, 0.4) is 0 Å². The maximum atomic E-state index is 12.2. The van der Waals surface area contributed by atoms with Crippen molar-refractivity contribution in [2.24, 2.45) is 0 Å². The molecule has 1 aliphatic heterocycles. The summed E-state index contributed by atoms with van der Waals surface area (Å²) in [5.74, 6) is -0.273. The van der Waals surface area contributed by atoms with Gasteiger partial charge in [-0.3, -0.25) is 9.59 Å². The summed E-state index contributed by atoms with van der Waals surface area (Å²) in [6.45, 7) is 6.15. The van der Waals surface area contributed by atoms with Crippen LogP contribution in [-0.2, 0) is 19.1 Å². The number of carbonyl (C=O) groups is 3. The fourth-order valence-electron chi connectivity index (χ4n) is 2.17. The van der Waals surface area contributed by atoms with Crippen LogP contribution in [0.15, 0.2) is 0 Å². The van der Waals surface area contributed by atoms with Crippen LogP contribution in [0.4, 0.5) is 4.79 Å². The molecule has 0 N–H and O–H groups in total. The largest absolute Gasteiger partial charge is 0.450 e. The first kappa shape index (κ1) is 18.2. The molecule has 1 aliphatic rings. The van der Waals surface area contributed by atoms with Gasteiger partial charge in [-0.2, -0.15) is 0 Å². The molecule has 0 aromatic carbocycles. The zero-order valence-electron chi connectivity index (χ0n) is 13.5. The fraction of sp³-hybridized carbons (Fsp3) is 0.786. The minimum absolute atomic E-state index is 0.0398. The lowest BCUT2D eigenvalue weighted by Gasteiger charge is -2.35. The molecule has 0 radical (unpaired) electrons. The van der Waals surface area contributed by atoms with E-state index < -0.39 is 0 Å². The van der Waals surface area contributed by atoms with Crippen molar-refractivity contribution in [2.75, 3.05) is 59.6 Å². The Hall–Kier alpha value is -1.83. The molecule has 1 fully saturated rings. The third-order valence-electron chi connectivity index (χ3n) is 3.50. The van der Waals surface area contributed by atoms with Gasteiger partial charge in [-0.1, -0.05) is 0 Å². The first-order valence-electron chi connectivity index (χ1n) is 7.43. The second kappa shape index (κ2) is 9.24. The monoisotopic (exact) mass is 315 g/mol. The summed E-state index contributed by atoms with van der Waals surface area (Å²) in [5, 5.41) is 0. The van der Waals surface area contributed by atoms with Gasteiger partial charge in [0.15, 0.2) is 0 Å². The Morgan fingerprint density at radius 1 is 1.09 bits per heavy atom. The molecule has 0 atom stereocenters. The average Bonchev–Trinajstić information content (AvgIpc) is 2.51. The maximum absolute atomic E-state index is 12.2. The summed E-state index contributed by atoms with van der Waals surface area (Å²) in [4.78, 5) is 40.1. The fourth-order valence-corrected chi connectivity index (χ4v) is 2.17. The molecule has 0 unspecified atom stereocenters. The summed E-state index contributed by atoms with van der Waals surface area (Å²) >= 11 is 0. The van der Waals surface area contributed by atoms with Gasteiger partial charge in [0.2, 0.25) is 11.8 Å². The Bertz CT molecular complexity index is 394. The molecular weight excluding hydrogens is 290 g/mol. The van der Waals surface area contributed by atoms with Crippen LogP contribution in [0.5, 0.6) is 0 Å². The van der Waals surface area contributed by atoms with Crippen molar-refractivity contribution in [3.63, 3.8) is 0 Å². The number of hydrogen-bond acceptors (Lipinski definition) is 5. The highest BCUT2D eigenvalue weighted by atomic mass is 16.6. The number of ether oxygens (including phenoxy) is 2. The van der Waals surface area contributed by atoms with Gasteiger partial charge < -0.3 is 24.2 Å². The maximum Gasteiger partial charge on any atom is 0.409 e. The van der Waals surface area contributed by atoms with Gasteiger partial charge in [-0.25, -0.2) is 4.79 Å². The minimum atomic E-state index is -0.347. The summed E-state index contributed by atoms with van der Waals surface area (Å²) in [5.41, 5.74) is 0. The highest BCUT2D eigenvalue weighted by molar-refractivity contribution is 5.84. The van der Waals surface area contributed by atoms with Crippen LogP contribution in [-0.4, -0.2) is 92.2 Å². The highest BCUT2D eigenvalue weighted by Gasteiger charge is 2.26. The Balaban J connectivity index is 2.44. The van der Waals surface area contributed by atoms with Crippen LogP contribution < -0.4 is 0 Å². The number of carbonyl (C=O) groups excluding carboxylic acids is 3. The summed E-state index contributed by atoms with van der Waals surface area (Å²) in [6, 6.07) is 0. The van der Waals surface area contributed by atoms with Gasteiger partial charge in [0, 0.05) is 46.8 Å². The van der Waals surface area contributed by atoms with Gasteiger partial charge in [0.25, 0.3) is 0 Å². The number of rotatable bonds is 6. The number of piperazine rings is 1. The van der Waals surface area contributed by atoms with E-state index in [1.807, 2.05) is 0 Å². The molecule has 1 saturated heterocycles.